The highest BCUT2D eigenvalue weighted by molar-refractivity contribution is 5.74. The Morgan fingerprint density at radius 2 is 1.67 bits per heavy atom. The first kappa shape index (κ1) is 25.0. The van der Waals surface area contributed by atoms with E-state index in [1.165, 1.54) is 0 Å². The number of phenolic OH excluding ortho intramolecular Hbond substituents is 1. The van der Waals surface area contributed by atoms with E-state index < -0.39 is 23.2 Å². The van der Waals surface area contributed by atoms with Gasteiger partial charge in [0.15, 0.2) is 11.5 Å². The zero-order valence-electron chi connectivity index (χ0n) is 22.1. The minimum absolute atomic E-state index is 0.0259. The molecule has 36 heavy (non-hydrogen) atoms. The lowest BCUT2D eigenvalue weighted by molar-refractivity contribution is -0.187. The summed E-state index contributed by atoms with van der Waals surface area (Å²) in [7, 11) is 1.63. The quantitative estimate of drug-likeness (QED) is 0.513. The fourth-order valence-corrected chi connectivity index (χ4v) is 6.46. The van der Waals surface area contributed by atoms with E-state index in [1.807, 2.05) is 45.1 Å². The van der Waals surface area contributed by atoms with Crippen LogP contribution in [0.3, 0.4) is 0 Å². The molecule has 2 aromatic rings. The number of benzene rings is 2. The molecule has 0 amide bonds. The third kappa shape index (κ3) is 4.14. The van der Waals surface area contributed by atoms with Gasteiger partial charge in [-0.3, -0.25) is 0 Å². The molecule has 4 atom stereocenters. The predicted molar refractivity (Wildman–Crippen MR) is 140 cm³/mol. The van der Waals surface area contributed by atoms with Gasteiger partial charge in [0, 0.05) is 23.3 Å². The van der Waals surface area contributed by atoms with Crippen LogP contribution in [0, 0.1) is 11.3 Å². The first-order chi connectivity index (χ1) is 16.8. The van der Waals surface area contributed by atoms with Crippen LogP contribution in [0.4, 0.5) is 0 Å². The van der Waals surface area contributed by atoms with Gasteiger partial charge in [0.1, 0.15) is 22.7 Å². The second-order valence-electron chi connectivity index (χ2n) is 12.1. The standard InChI is InChI=1S/C30H38O6/c1-28(2)10-9-20-21(31)12-18(13-23(20)35-28)8-7-17-11-19-15-25-29(3,4)27(33)22(32)16-30(25,5)36-26(19)24(14-17)34-6/h7-8,11-14,22,25,27,31-33H,9-10,15-16H2,1-6H3/b8-7+/t22-,25-,27-,30-/m1/s1. The molecule has 3 N–H and O–H groups in total. The van der Waals surface area contributed by atoms with E-state index in [0.717, 1.165) is 40.8 Å². The lowest BCUT2D eigenvalue weighted by atomic mass is 9.57. The van der Waals surface area contributed by atoms with E-state index in [-0.39, 0.29) is 17.3 Å². The summed E-state index contributed by atoms with van der Waals surface area (Å²) < 4.78 is 18.4. The molecule has 194 valence electrons. The van der Waals surface area contributed by atoms with Crippen molar-refractivity contribution in [3.63, 3.8) is 0 Å². The zero-order valence-corrected chi connectivity index (χ0v) is 22.1. The maximum atomic E-state index is 10.7. The molecule has 6 nitrogen and oxygen atoms in total. The van der Waals surface area contributed by atoms with Gasteiger partial charge in [0.2, 0.25) is 0 Å². The number of aromatic hydroxyl groups is 1. The molecule has 1 saturated carbocycles. The van der Waals surface area contributed by atoms with E-state index in [2.05, 4.69) is 19.9 Å². The third-order valence-electron chi connectivity index (χ3n) is 8.55. The molecule has 2 heterocycles. The first-order valence-corrected chi connectivity index (χ1v) is 12.8. The van der Waals surface area contributed by atoms with Crippen LogP contribution >= 0.6 is 0 Å². The molecular weight excluding hydrogens is 456 g/mol. The minimum atomic E-state index is -0.835. The fourth-order valence-electron chi connectivity index (χ4n) is 6.46. The Morgan fingerprint density at radius 1 is 0.972 bits per heavy atom. The molecule has 0 aromatic heterocycles. The van der Waals surface area contributed by atoms with Crippen LogP contribution in [-0.4, -0.2) is 45.8 Å². The Morgan fingerprint density at radius 3 is 2.36 bits per heavy atom. The van der Waals surface area contributed by atoms with Crippen molar-refractivity contribution in [2.45, 2.75) is 83.7 Å². The molecule has 0 spiro atoms. The number of fused-ring (bicyclic) bond motifs is 3. The average molecular weight is 495 g/mol. The van der Waals surface area contributed by atoms with E-state index in [4.69, 9.17) is 14.2 Å². The van der Waals surface area contributed by atoms with Crippen LogP contribution in [0.2, 0.25) is 0 Å². The van der Waals surface area contributed by atoms with Crippen LogP contribution in [0.25, 0.3) is 12.2 Å². The number of aliphatic hydroxyl groups excluding tert-OH is 2. The van der Waals surface area contributed by atoms with Crippen LogP contribution in [0.5, 0.6) is 23.0 Å². The van der Waals surface area contributed by atoms with Gasteiger partial charge >= 0.3 is 0 Å². The smallest absolute Gasteiger partial charge is 0.165 e. The van der Waals surface area contributed by atoms with Crippen molar-refractivity contribution in [2.24, 2.45) is 11.3 Å². The summed E-state index contributed by atoms with van der Waals surface area (Å²) in [4.78, 5) is 0. The average Bonchev–Trinajstić information content (AvgIpc) is 2.79. The van der Waals surface area contributed by atoms with Crippen molar-refractivity contribution in [3.8, 4) is 23.0 Å². The van der Waals surface area contributed by atoms with Crippen LogP contribution in [0.1, 0.15) is 69.7 Å². The fraction of sp³-hybridized carbons (Fsp3) is 0.533. The highest BCUT2D eigenvalue weighted by Crippen LogP contribution is 2.55. The van der Waals surface area contributed by atoms with E-state index in [0.29, 0.717) is 24.3 Å². The lowest BCUT2D eigenvalue weighted by Crippen LogP contribution is -2.63. The summed E-state index contributed by atoms with van der Waals surface area (Å²) in [5.74, 6) is 2.37. The summed E-state index contributed by atoms with van der Waals surface area (Å²) in [5, 5.41) is 31.9. The Labute approximate surface area is 213 Å². The summed E-state index contributed by atoms with van der Waals surface area (Å²) in [6.07, 6.45) is 5.06. The molecule has 5 rings (SSSR count). The molecule has 3 aliphatic rings. The van der Waals surface area contributed by atoms with Crippen LogP contribution in [0.15, 0.2) is 24.3 Å². The molecule has 0 unspecified atom stereocenters. The van der Waals surface area contributed by atoms with Gasteiger partial charge in [0.05, 0.1) is 19.3 Å². The number of aliphatic hydroxyl groups is 2. The molecular formula is C30H38O6. The molecule has 0 saturated heterocycles. The second-order valence-corrected chi connectivity index (χ2v) is 12.1. The summed E-state index contributed by atoms with van der Waals surface area (Å²) >= 11 is 0. The van der Waals surface area contributed by atoms with Gasteiger partial charge in [0.25, 0.3) is 0 Å². The van der Waals surface area contributed by atoms with E-state index >= 15 is 0 Å². The van der Waals surface area contributed by atoms with Crippen LogP contribution in [-0.2, 0) is 12.8 Å². The number of hydrogen-bond acceptors (Lipinski definition) is 6. The van der Waals surface area contributed by atoms with Gasteiger partial charge in [-0.1, -0.05) is 26.0 Å². The predicted octanol–water partition coefficient (Wildman–Crippen LogP) is 5.14. The third-order valence-corrected chi connectivity index (χ3v) is 8.55. The van der Waals surface area contributed by atoms with Crippen molar-refractivity contribution >= 4 is 12.2 Å². The van der Waals surface area contributed by atoms with Crippen molar-refractivity contribution in [1.82, 2.24) is 0 Å². The Bertz CT molecular complexity index is 1210. The van der Waals surface area contributed by atoms with E-state index in [9.17, 15) is 15.3 Å². The normalized spacial score (nSPS) is 29.9. The maximum Gasteiger partial charge on any atom is 0.165 e. The summed E-state index contributed by atoms with van der Waals surface area (Å²) in [6, 6.07) is 7.79. The molecule has 6 heteroatoms. The highest BCUT2D eigenvalue weighted by atomic mass is 16.5. The lowest BCUT2D eigenvalue weighted by Gasteiger charge is -2.56. The Balaban J connectivity index is 1.48. The Hall–Kier alpha value is -2.70. The van der Waals surface area contributed by atoms with Gasteiger partial charge in [-0.25, -0.2) is 0 Å². The maximum absolute atomic E-state index is 10.7. The number of methoxy groups -OCH3 is 1. The van der Waals surface area contributed by atoms with Gasteiger partial charge < -0.3 is 29.5 Å². The molecule has 2 aliphatic heterocycles. The molecule has 2 aromatic carbocycles. The first-order valence-electron chi connectivity index (χ1n) is 12.8. The van der Waals surface area contributed by atoms with Crippen LogP contribution < -0.4 is 14.2 Å². The molecule has 0 radical (unpaired) electrons. The topological polar surface area (TPSA) is 88.4 Å². The molecule has 0 bridgehead atoms. The van der Waals surface area contributed by atoms with Gasteiger partial charge in [-0.05, 0) is 81.0 Å². The largest absolute Gasteiger partial charge is 0.508 e. The highest BCUT2D eigenvalue weighted by Gasteiger charge is 2.58. The number of ether oxygens (including phenoxy) is 3. The van der Waals surface area contributed by atoms with E-state index in [1.54, 1.807) is 13.2 Å². The summed E-state index contributed by atoms with van der Waals surface area (Å²) in [5.41, 5.74) is 2.32. The van der Waals surface area contributed by atoms with Crippen molar-refractivity contribution in [2.75, 3.05) is 7.11 Å². The van der Waals surface area contributed by atoms with Crippen molar-refractivity contribution < 1.29 is 29.5 Å². The summed E-state index contributed by atoms with van der Waals surface area (Å²) in [6.45, 7) is 10.2. The monoisotopic (exact) mass is 494 g/mol. The molecule has 1 aliphatic carbocycles. The SMILES string of the molecule is COc1cc(/C=C/c2cc(O)c3c(c2)OC(C)(C)CC3)cc2c1O[C@]1(C)C[C@@H](O)[C@@H](O)C(C)(C)[C@H]1C2. The number of rotatable bonds is 3. The van der Waals surface area contributed by atoms with Crippen molar-refractivity contribution in [3.05, 3.63) is 46.5 Å². The zero-order chi connectivity index (χ0) is 26.0. The van der Waals surface area contributed by atoms with Crippen molar-refractivity contribution in [1.29, 1.82) is 0 Å². The van der Waals surface area contributed by atoms with Gasteiger partial charge in [-0.2, -0.15) is 0 Å². The minimum Gasteiger partial charge on any atom is -0.508 e. The van der Waals surface area contributed by atoms with Gasteiger partial charge in [-0.15, -0.1) is 0 Å². The number of phenols is 1. The number of hydrogen-bond donors (Lipinski definition) is 3. The Kier molecular flexibility index (Phi) is 5.84. The second kappa shape index (κ2) is 8.42. The molecule has 1 fully saturated rings.